The smallest absolute Gasteiger partial charge is 0.143 e. The van der Waals surface area contributed by atoms with Gasteiger partial charge in [0.25, 0.3) is 0 Å². The molecule has 0 aliphatic carbocycles. The minimum Gasteiger partial charge on any atom is -0.379 e. The monoisotopic (exact) mass is 576 g/mol. The molecule has 0 amide bonds. The van der Waals surface area contributed by atoms with Crippen molar-refractivity contribution < 1.29 is 23.7 Å². The van der Waals surface area contributed by atoms with E-state index >= 15 is 0 Å². The van der Waals surface area contributed by atoms with Crippen molar-refractivity contribution in [3.8, 4) is 0 Å². The second kappa shape index (κ2) is 22.1. The second-order valence-corrected chi connectivity index (χ2v) is 10.6. The zero-order chi connectivity index (χ0) is 29.4. The van der Waals surface area contributed by atoms with Gasteiger partial charge in [0.1, 0.15) is 5.60 Å². The highest BCUT2D eigenvalue weighted by Crippen LogP contribution is 2.40. The largest absolute Gasteiger partial charge is 0.379 e. The van der Waals surface area contributed by atoms with Crippen molar-refractivity contribution in [1.82, 2.24) is 0 Å². The van der Waals surface area contributed by atoms with Crippen LogP contribution in [0.4, 0.5) is 0 Å². The van der Waals surface area contributed by atoms with Crippen LogP contribution in [0.2, 0.25) is 0 Å². The molecular weight excluding hydrogens is 524 g/mol. The average Bonchev–Trinajstić information content (AvgIpc) is 3.05. The highest BCUT2D eigenvalue weighted by Gasteiger charge is 2.37. The molecule has 5 nitrogen and oxygen atoms in total. The van der Waals surface area contributed by atoms with Crippen molar-refractivity contribution in [3.63, 3.8) is 0 Å². The number of unbranched alkanes of at least 4 members (excludes halogenated alkanes) is 7. The molecule has 0 saturated heterocycles. The number of hydrogen-bond acceptors (Lipinski definition) is 5. The van der Waals surface area contributed by atoms with E-state index in [1.807, 2.05) is 18.2 Å². The van der Waals surface area contributed by atoms with E-state index in [4.69, 9.17) is 23.7 Å². The molecule has 0 N–H and O–H groups in total. The lowest BCUT2D eigenvalue weighted by Gasteiger charge is -2.36. The minimum absolute atomic E-state index is 0.445. The van der Waals surface area contributed by atoms with E-state index in [9.17, 15) is 0 Å². The van der Waals surface area contributed by atoms with Gasteiger partial charge in [0.05, 0.1) is 52.9 Å². The van der Waals surface area contributed by atoms with Crippen molar-refractivity contribution >= 4 is 0 Å². The van der Waals surface area contributed by atoms with Gasteiger partial charge in [-0.1, -0.05) is 143 Å². The first-order valence-electron chi connectivity index (χ1n) is 16.0. The molecular formula is C37H52O5. The Hall–Kier alpha value is -2.54. The average molecular weight is 577 g/mol. The molecule has 0 aliphatic heterocycles. The molecule has 0 unspecified atom stereocenters. The summed E-state index contributed by atoms with van der Waals surface area (Å²) < 4.78 is 29.5. The summed E-state index contributed by atoms with van der Waals surface area (Å²) >= 11 is 0. The van der Waals surface area contributed by atoms with Gasteiger partial charge >= 0.3 is 0 Å². The van der Waals surface area contributed by atoms with Gasteiger partial charge in [-0.15, -0.1) is 0 Å². The Bertz CT molecular complexity index is 915. The first-order chi connectivity index (χ1) is 20.9. The van der Waals surface area contributed by atoms with Gasteiger partial charge in [-0.3, -0.25) is 0 Å². The summed E-state index contributed by atoms with van der Waals surface area (Å²) in [5, 5.41) is 0. The van der Waals surface area contributed by atoms with Crippen molar-refractivity contribution in [2.75, 3.05) is 59.5 Å². The summed E-state index contributed by atoms with van der Waals surface area (Å²) in [6.07, 6.45) is 10.6. The van der Waals surface area contributed by atoms with E-state index in [1.54, 1.807) is 0 Å². The summed E-state index contributed by atoms with van der Waals surface area (Å²) in [6.45, 7) is 7.44. The lowest BCUT2D eigenvalue weighted by molar-refractivity contribution is -0.0384. The van der Waals surface area contributed by atoms with Crippen LogP contribution < -0.4 is 0 Å². The van der Waals surface area contributed by atoms with Gasteiger partial charge in [0, 0.05) is 6.61 Å². The molecule has 3 aromatic rings. The predicted molar refractivity (Wildman–Crippen MR) is 171 cm³/mol. The summed E-state index contributed by atoms with van der Waals surface area (Å²) in [5.41, 5.74) is 2.54. The fourth-order valence-corrected chi connectivity index (χ4v) is 5.12. The van der Waals surface area contributed by atoms with Gasteiger partial charge in [-0.05, 0) is 23.1 Å². The maximum absolute atomic E-state index is 6.73. The molecule has 42 heavy (non-hydrogen) atoms. The molecule has 5 heteroatoms. The maximum atomic E-state index is 6.73. The zero-order valence-corrected chi connectivity index (χ0v) is 25.7. The maximum Gasteiger partial charge on any atom is 0.143 e. The molecule has 3 rings (SSSR count). The van der Waals surface area contributed by atoms with Crippen LogP contribution in [0.15, 0.2) is 91.0 Å². The van der Waals surface area contributed by atoms with Crippen LogP contribution in [0.3, 0.4) is 0 Å². The van der Waals surface area contributed by atoms with Crippen LogP contribution >= 0.6 is 0 Å². The molecule has 0 fully saturated rings. The molecule has 0 bridgehead atoms. The van der Waals surface area contributed by atoms with E-state index in [0.717, 1.165) is 29.7 Å². The van der Waals surface area contributed by atoms with E-state index in [2.05, 4.69) is 79.7 Å². The molecule has 230 valence electrons. The van der Waals surface area contributed by atoms with E-state index in [0.29, 0.717) is 52.9 Å². The lowest BCUT2D eigenvalue weighted by Crippen LogP contribution is -2.34. The normalized spacial score (nSPS) is 11.6. The van der Waals surface area contributed by atoms with Crippen LogP contribution in [0, 0.1) is 0 Å². The number of benzene rings is 3. The Labute approximate surface area is 254 Å². The van der Waals surface area contributed by atoms with Crippen LogP contribution in [0.1, 0.15) is 75.0 Å². The van der Waals surface area contributed by atoms with E-state index < -0.39 is 5.60 Å². The predicted octanol–water partition coefficient (Wildman–Crippen LogP) is 8.20. The van der Waals surface area contributed by atoms with E-state index in [-0.39, 0.29) is 0 Å². The van der Waals surface area contributed by atoms with Crippen molar-refractivity contribution in [2.45, 2.75) is 63.9 Å². The molecule has 0 saturated carbocycles. The van der Waals surface area contributed by atoms with Gasteiger partial charge in [0.2, 0.25) is 0 Å². The Morgan fingerprint density at radius 2 is 0.714 bits per heavy atom. The van der Waals surface area contributed by atoms with Crippen molar-refractivity contribution in [3.05, 3.63) is 108 Å². The van der Waals surface area contributed by atoms with Crippen LogP contribution in [0.25, 0.3) is 0 Å². The summed E-state index contributed by atoms with van der Waals surface area (Å²) in [4.78, 5) is 0. The highest BCUT2D eigenvalue weighted by molar-refractivity contribution is 5.47. The fourth-order valence-electron chi connectivity index (χ4n) is 5.12. The van der Waals surface area contributed by atoms with Crippen molar-refractivity contribution in [2.24, 2.45) is 0 Å². The highest BCUT2D eigenvalue weighted by atomic mass is 16.6. The van der Waals surface area contributed by atoms with Crippen LogP contribution in [0.5, 0.6) is 0 Å². The second-order valence-electron chi connectivity index (χ2n) is 10.6. The molecule has 0 aromatic heterocycles. The fraction of sp³-hybridized carbons (Fsp3) is 0.514. The molecule has 0 aliphatic rings. The van der Waals surface area contributed by atoms with Gasteiger partial charge < -0.3 is 23.7 Å². The van der Waals surface area contributed by atoms with Crippen LogP contribution in [-0.4, -0.2) is 59.5 Å². The first-order valence-corrected chi connectivity index (χ1v) is 16.0. The summed E-state index contributed by atoms with van der Waals surface area (Å²) in [7, 11) is 0. The Morgan fingerprint density at radius 1 is 0.381 bits per heavy atom. The number of hydrogen-bond donors (Lipinski definition) is 0. The van der Waals surface area contributed by atoms with Gasteiger partial charge in [0.15, 0.2) is 0 Å². The Morgan fingerprint density at radius 3 is 1.12 bits per heavy atom. The van der Waals surface area contributed by atoms with Gasteiger partial charge in [-0.25, -0.2) is 0 Å². The summed E-state index contributed by atoms with van der Waals surface area (Å²) in [5.74, 6) is 0. The molecule has 0 radical (unpaired) electrons. The topological polar surface area (TPSA) is 46.2 Å². The SMILES string of the molecule is CCCCCCCCCCOCCOCCOCCOCCOC(c1ccccc1)(c1ccccc1)c1ccccc1. The zero-order valence-electron chi connectivity index (χ0n) is 25.7. The van der Waals surface area contributed by atoms with Crippen molar-refractivity contribution in [1.29, 1.82) is 0 Å². The minimum atomic E-state index is -0.724. The quantitative estimate of drug-likeness (QED) is 0.0751. The summed E-state index contributed by atoms with van der Waals surface area (Å²) in [6, 6.07) is 31.2. The van der Waals surface area contributed by atoms with E-state index in [1.165, 1.54) is 44.9 Å². The third-order valence-electron chi connectivity index (χ3n) is 7.35. The first kappa shape index (κ1) is 34.0. The number of ether oxygens (including phenoxy) is 5. The third-order valence-corrected chi connectivity index (χ3v) is 7.35. The lowest BCUT2D eigenvalue weighted by atomic mass is 9.80. The van der Waals surface area contributed by atoms with Gasteiger partial charge in [-0.2, -0.15) is 0 Å². The molecule has 0 heterocycles. The molecule has 0 atom stereocenters. The Kier molecular flexibility index (Phi) is 17.8. The third kappa shape index (κ3) is 12.4. The van der Waals surface area contributed by atoms with Crippen LogP contribution in [-0.2, 0) is 29.3 Å². The number of rotatable bonds is 25. The molecule has 0 spiro atoms. The standard InChI is InChI=1S/C37H52O5/c1-2-3-4-5-6-7-8-18-25-38-26-27-39-28-29-40-30-31-41-32-33-42-37(34-19-12-9-13-20-34,35-21-14-10-15-22-35)36-23-16-11-17-24-36/h9-17,19-24H,2-8,18,25-33H2,1H3. The molecule has 3 aromatic carbocycles. The Balaban J connectivity index is 1.26.